The van der Waals surface area contributed by atoms with Gasteiger partial charge >= 0.3 is 0 Å². The maximum atomic E-state index is 13.0. The summed E-state index contributed by atoms with van der Waals surface area (Å²) in [6.45, 7) is 0.161. The molecular formula is C14H9Cl2F2NO. The zero-order valence-electron chi connectivity index (χ0n) is 10.1. The summed E-state index contributed by atoms with van der Waals surface area (Å²) in [7, 11) is 0. The third-order valence-corrected chi connectivity index (χ3v) is 3.22. The van der Waals surface area contributed by atoms with E-state index in [1.54, 1.807) is 18.2 Å². The zero-order valence-corrected chi connectivity index (χ0v) is 11.6. The summed E-state index contributed by atoms with van der Waals surface area (Å²) >= 11 is 11.7. The third kappa shape index (κ3) is 3.46. The Morgan fingerprint density at radius 1 is 1.05 bits per heavy atom. The van der Waals surface area contributed by atoms with Crippen LogP contribution in [0, 0.1) is 11.6 Å². The minimum absolute atomic E-state index is 0.0361. The van der Waals surface area contributed by atoms with Crippen LogP contribution in [0.15, 0.2) is 36.4 Å². The molecule has 104 valence electrons. The molecule has 0 unspecified atom stereocenters. The van der Waals surface area contributed by atoms with Gasteiger partial charge in [0, 0.05) is 22.2 Å². The van der Waals surface area contributed by atoms with Gasteiger partial charge in [0.2, 0.25) is 0 Å². The average molecular weight is 316 g/mol. The standard InChI is InChI=1S/C14H9Cl2F2NO/c15-10-3-1-9(11(16)6-10)7-19-14(20)8-2-4-12(17)13(18)5-8/h1-6H,7H2,(H,19,20). The normalized spacial score (nSPS) is 10.4. The van der Waals surface area contributed by atoms with Gasteiger partial charge in [-0.15, -0.1) is 0 Å². The van der Waals surface area contributed by atoms with Gasteiger partial charge in [-0.25, -0.2) is 8.78 Å². The molecule has 0 radical (unpaired) electrons. The molecule has 2 rings (SSSR count). The number of carbonyl (C=O) groups is 1. The van der Waals surface area contributed by atoms with Crippen LogP contribution in [0.25, 0.3) is 0 Å². The SMILES string of the molecule is O=C(NCc1ccc(Cl)cc1Cl)c1ccc(F)c(F)c1. The molecule has 2 nitrogen and oxygen atoms in total. The second-order valence-electron chi connectivity index (χ2n) is 4.05. The summed E-state index contributed by atoms with van der Waals surface area (Å²) in [5.41, 5.74) is 0.709. The van der Waals surface area contributed by atoms with Gasteiger partial charge in [0.05, 0.1) is 0 Å². The van der Waals surface area contributed by atoms with Crippen molar-refractivity contribution in [3.05, 3.63) is 69.2 Å². The quantitative estimate of drug-likeness (QED) is 0.903. The first kappa shape index (κ1) is 14.8. The van der Waals surface area contributed by atoms with Crippen LogP contribution >= 0.6 is 23.2 Å². The van der Waals surface area contributed by atoms with Crippen molar-refractivity contribution in [2.45, 2.75) is 6.54 Å². The second kappa shape index (κ2) is 6.20. The number of carbonyl (C=O) groups excluding carboxylic acids is 1. The van der Waals surface area contributed by atoms with Gasteiger partial charge in [-0.1, -0.05) is 29.3 Å². The Labute approximate surface area is 124 Å². The van der Waals surface area contributed by atoms with Gasteiger partial charge in [0.25, 0.3) is 5.91 Å². The Morgan fingerprint density at radius 2 is 1.80 bits per heavy atom. The van der Waals surface area contributed by atoms with Crippen LogP contribution < -0.4 is 5.32 Å². The van der Waals surface area contributed by atoms with E-state index in [1.807, 2.05) is 0 Å². The second-order valence-corrected chi connectivity index (χ2v) is 4.89. The number of hydrogen-bond acceptors (Lipinski definition) is 1. The highest BCUT2D eigenvalue weighted by atomic mass is 35.5. The zero-order chi connectivity index (χ0) is 14.7. The maximum absolute atomic E-state index is 13.0. The Morgan fingerprint density at radius 3 is 2.45 bits per heavy atom. The van der Waals surface area contributed by atoms with Crippen LogP contribution in [0.4, 0.5) is 8.78 Å². The minimum atomic E-state index is -1.07. The maximum Gasteiger partial charge on any atom is 0.251 e. The van der Waals surface area contributed by atoms with E-state index < -0.39 is 17.5 Å². The number of rotatable bonds is 3. The highest BCUT2D eigenvalue weighted by Crippen LogP contribution is 2.20. The van der Waals surface area contributed by atoms with E-state index in [0.717, 1.165) is 12.1 Å². The first-order chi connectivity index (χ1) is 9.47. The fourth-order valence-electron chi connectivity index (χ4n) is 1.58. The van der Waals surface area contributed by atoms with Gasteiger partial charge in [0.15, 0.2) is 11.6 Å². The van der Waals surface area contributed by atoms with Crippen molar-refractivity contribution in [3.63, 3.8) is 0 Å². The lowest BCUT2D eigenvalue weighted by molar-refractivity contribution is 0.0950. The van der Waals surface area contributed by atoms with E-state index in [-0.39, 0.29) is 12.1 Å². The molecule has 6 heteroatoms. The van der Waals surface area contributed by atoms with Crippen LogP contribution in [0.3, 0.4) is 0 Å². The average Bonchev–Trinajstić information content (AvgIpc) is 2.40. The fourth-order valence-corrected chi connectivity index (χ4v) is 2.06. The number of amides is 1. The molecule has 2 aromatic rings. The Bertz CT molecular complexity index is 662. The molecule has 0 saturated carbocycles. The molecule has 0 saturated heterocycles. The molecule has 1 amide bonds. The summed E-state index contributed by atoms with van der Waals surface area (Å²) in [5, 5.41) is 3.48. The summed E-state index contributed by atoms with van der Waals surface area (Å²) in [6.07, 6.45) is 0. The van der Waals surface area contributed by atoms with Crippen LogP contribution in [0.5, 0.6) is 0 Å². The molecule has 0 atom stereocenters. The molecule has 20 heavy (non-hydrogen) atoms. The van der Waals surface area contributed by atoms with Crippen molar-refractivity contribution < 1.29 is 13.6 Å². The van der Waals surface area contributed by atoms with E-state index in [9.17, 15) is 13.6 Å². The summed E-state index contributed by atoms with van der Waals surface area (Å²) in [4.78, 5) is 11.8. The van der Waals surface area contributed by atoms with Gasteiger partial charge in [-0.05, 0) is 35.9 Å². The molecule has 0 aliphatic carbocycles. The lowest BCUT2D eigenvalue weighted by Gasteiger charge is -2.07. The molecule has 0 aromatic heterocycles. The lowest BCUT2D eigenvalue weighted by Crippen LogP contribution is -2.23. The molecule has 0 aliphatic heterocycles. The van der Waals surface area contributed by atoms with Crippen LogP contribution in [0.1, 0.15) is 15.9 Å². The van der Waals surface area contributed by atoms with Crippen molar-refractivity contribution in [3.8, 4) is 0 Å². The predicted octanol–water partition coefficient (Wildman–Crippen LogP) is 4.20. The topological polar surface area (TPSA) is 29.1 Å². The third-order valence-electron chi connectivity index (χ3n) is 2.64. The van der Waals surface area contributed by atoms with Crippen molar-refractivity contribution >= 4 is 29.1 Å². The molecule has 2 aromatic carbocycles. The van der Waals surface area contributed by atoms with Crippen molar-refractivity contribution in [1.82, 2.24) is 5.32 Å². The summed E-state index contributed by atoms with van der Waals surface area (Å²) in [5.74, 6) is -2.58. The molecule has 0 fully saturated rings. The van der Waals surface area contributed by atoms with Crippen molar-refractivity contribution in [1.29, 1.82) is 0 Å². The smallest absolute Gasteiger partial charge is 0.251 e. The first-order valence-electron chi connectivity index (χ1n) is 5.64. The minimum Gasteiger partial charge on any atom is -0.348 e. The lowest BCUT2D eigenvalue weighted by atomic mass is 10.2. The van der Waals surface area contributed by atoms with Gasteiger partial charge < -0.3 is 5.32 Å². The molecule has 0 bridgehead atoms. The summed E-state index contributed by atoms with van der Waals surface area (Å²) < 4.78 is 25.8. The van der Waals surface area contributed by atoms with E-state index >= 15 is 0 Å². The van der Waals surface area contributed by atoms with Crippen LogP contribution in [0.2, 0.25) is 10.0 Å². The number of hydrogen-bond donors (Lipinski definition) is 1. The molecule has 1 N–H and O–H groups in total. The highest BCUT2D eigenvalue weighted by Gasteiger charge is 2.10. The predicted molar refractivity (Wildman–Crippen MR) is 74.0 cm³/mol. The summed E-state index contributed by atoms with van der Waals surface area (Å²) in [6, 6.07) is 7.83. The number of nitrogens with one attached hydrogen (secondary N) is 1. The van der Waals surface area contributed by atoms with Gasteiger partial charge in [0.1, 0.15) is 0 Å². The van der Waals surface area contributed by atoms with Crippen LogP contribution in [-0.2, 0) is 6.54 Å². The Balaban J connectivity index is 2.06. The monoisotopic (exact) mass is 315 g/mol. The molecule has 0 spiro atoms. The molecular weight excluding hydrogens is 307 g/mol. The highest BCUT2D eigenvalue weighted by molar-refractivity contribution is 6.35. The van der Waals surface area contributed by atoms with E-state index in [2.05, 4.69) is 5.32 Å². The number of halogens is 4. The fraction of sp³-hybridized carbons (Fsp3) is 0.0714. The van der Waals surface area contributed by atoms with Crippen molar-refractivity contribution in [2.75, 3.05) is 0 Å². The van der Waals surface area contributed by atoms with E-state index in [0.29, 0.717) is 15.6 Å². The van der Waals surface area contributed by atoms with E-state index in [4.69, 9.17) is 23.2 Å². The van der Waals surface area contributed by atoms with Gasteiger partial charge in [-0.3, -0.25) is 4.79 Å². The van der Waals surface area contributed by atoms with E-state index in [1.165, 1.54) is 6.07 Å². The largest absolute Gasteiger partial charge is 0.348 e. The van der Waals surface area contributed by atoms with Crippen molar-refractivity contribution in [2.24, 2.45) is 0 Å². The molecule has 0 aliphatic rings. The van der Waals surface area contributed by atoms with Crippen LogP contribution in [-0.4, -0.2) is 5.91 Å². The molecule has 0 heterocycles. The Hall–Kier alpha value is -1.65. The number of benzene rings is 2. The Kier molecular flexibility index (Phi) is 4.57. The first-order valence-corrected chi connectivity index (χ1v) is 6.40. The van der Waals surface area contributed by atoms with Gasteiger partial charge in [-0.2, -0.15) is 0 Å².